The molecule has 0 atom stereocenters. The summed E-state index contributed by atoms with van der Waals surface area (Å²) in [6, 6.07) is 0. The molecule has 0 bridgehead atoms. The van der Waals surface area contributed by atoms with Crippen LogP contribution in [0.1, 0.15) is 48.6 Å². The Morgan fingerprint density at radius 1 is 1.05 bits per heavy atom. The van der Waals surface area contributed by atoms with Gasteiger partial charge in [-0.3, -0.25) is 10.1 Å². The van der Waals surface area contributed by atoms with Gasteiger partial charge in [-0.2, -0.15) is 0 Å². The predicted octanol–water partition coefficient (Wildman–Crippen LogP) is 4.18. The van der Waals surface area contributed by atoms with E-state index in [-0.39, 0.29) is 16.8 Å². The summed E-state index contributed by atoms with van der Waals surface area (Å²) in [6.07, 6.45) is 0. The number of nitrogens with zero attached hydrogens (tertiary/aromatic N) is 1. The Morgan fingerprint density at radius 2 is 1.50 bits per heavy atom. The van der Waals surface area contributed by atoms with Gasteiger partial charge in [0.1, 0.15) is 5.60 Å². The highest BCUT2D eigenvalue weighted by Crippen LogP contribution is 2.37. The van der Waals surface area contributed by atoms with Crippen molar-refractivity contribution in [3.8, 4) is 0 Å². The van der Waals surface area contributed by atoms with Crippen LogP contribution in [-0.2, 0) is 9.53 Å². The Bertz CT molecular complexity index is 666. The van der Waals surface area contributed by atoms with E-state index in [1.165, 1.54) is 0 Å². The molecule has 0 aliphatic rings. The Kier molecular flexibility index (Phi) is 4.80. The van der Waals surface area contributed by atoms with Gasteiger partial charge in [0.05, 0.1) is 16.1 Å². The fourth-order valence-corrected chi connectivity index (χ4v) is 2.33. The van der Waals surface area contributed by atoms with E-state index < -0.39 is 16.5 Å². The molecule has 1 aromatic rings. The summed E-state index contributed by atoms with van der Waals surface area (Å²) in [5.41, 5.74) is 2.53. The van der Waals surface area contributed by atoms with Gasteiger partial charge in [-0.25, -0.2) is 4.79 Å². The van der Waals surface area contributed by atoms with Crippen molar-refractivity contribution in [3.63, 3.8) is 0 Å². The normalized spacial score (nSPS) is 11.2. The molecule has 0 amide bonds. The molecule has 0 aliphatic heterocycles. The van der Waals surface area contributed by atoms with Crippen LogP contribution in [0, 0.1) is 37.8 Å². The molecule has 0 fully saturated rings. The average molecular weight is 305 g/mol. The number of carbonyl (C=O) groups excluding carboxylic acids is 1. The molecule has 0 aromatic heterocycles. The summed E-state index contributed by atoms with van der Waals surface area (Å²) in [5, 5.41) is 11.5. The molecule has 0 heterocycles. The number of hydrogen-bond donors (Lipinski definition) is 0. The minimum atomic E-state index is -0.683. The highest BCUT2D eigenvalue weighted by Gasteiger charge is 2.30. The molecule has 0 saturated carbocycles. The SMILES string of the molecule is C=C(C(=O)OC(C)(C)C)c1c(C)c(C)c(C)c(C)c1[N+](=O)[O-]. The largest absolute Gasteiger partial charge is 0.456 e. The maximum Gasteiger partial charge on any atom is 0.338 e. The summed E-state index contributed by atoms with van der Waals surface area (Å²) in [7, 11) is 0. The maximum absolute atomic E-state index is 12.2. The number of benzene rings is 1. The number of hydrogen-bond acceptors (Lipinski definition) is 4. The lowest BCUT2D eigenvalue weighted by Crippen LogP contribution is -2.24. The number of rotatable bonds is 3. The first-order valence-electron chi connectivity index (χ1n) is 7.05. The molecular weight excluding hydrogens is 282 g/mol. The van der Waals surface area contributed by atoms with Gasteiger partial charge in [0, 0.05) is 5.56 Å². The first-order valence-corrected chi connectivity index (χ1v) is 7.05. The van der Waals surface area contributed by atoms with Gasteiger partial charge in [0.25, 0.3) is 5.69 Å². The number of esters is 1. The molecule has 120 valence electrons. The van der Waals surface area contributed by atoms with Crippen LogP contribution in [0.2, 0.25) is 0 Å². The molecule has 0 aliphatic carbocycles. The topological polar surface area (TPSA) is 69.4 Å². The lowest BCUT2D eigenvalue weighted by molar-refractivity contribution is -0.385. The summed E-state index contributed by atoms with van der Waals surface area (Å²) >= 11 is 0. The lowest BCUT2D eigenvalue weighted by atomic mass is 9.89. The molecule has 22 heavy (non-hydrogen) atoms. The van der Waals surface area contributed by atoms with E-state index in [2.05, 4.69) is 6.58 Å². The molecule has 0 saturated heterocycles. The third-order valence-electron chi connectivity index (χ3n) is 3.78. The van der Waals surface area contributed by atoms with Gasteiger partial charge in [0.2, 0.25) is 0 Å². The highest BCUT2D eigenvalue weighted by atomic mass is 16.6. The maximum atomic E-state index is 12.2. The Balaban J connectivity index is 3.56. The fourth-order valence-electron chi connectivity index (χ4n) is 2.33. The van der Waals surface area contributed by atoms with Gasteiger partial charge >= 0.3 is 5.97 Å². The van der Waals surface area contributed by atoms with Crippen LogP contribution < -0.4 is 0 Å². The molecule has 5 heteroatoms. The van der Waals surface area contributed by atoms with Gasteiger partial charge in [0.15, 0.2) is 0 Å². The first-order chi connectivity index (χ1) is 9.88. The smallest absolute Gasteiger partial charge is 0.338 e. The molecule has 1 rings (SSSR count). The van der Waals surface area contributed by atoms with Crippen LogP contribution in [0.15, 0.2) is 6.58 Å². The highest BCUT2D eigenvalue weighted by molar-refractivity contribution is 6.17. The molecule has 0 radical (unpaired) electrons. The van der Waals surface area contributed by atoms with Crippen LogP contribution in [0.3, 0.4) is 0 Å². The van der Waals surface area contributed by atoms with E-state index in [1.54, 1.807) is 34.6 Å². The molecule has 0 N–H and O–H groups in total. The first kappa shape index (κ1) is 17.9. The van der Waals surface area contributed by atoms with Crippen molar-refractivity contribution < 1.29 is 14.5 Å². The second kappa shape index (κ2) is 5.91. The zero-order valence-corrected chi connectivity index (χ0v) is 14.3. The van der Waals surface area contributed by atoms with Crippen molar-refractivity contribution in [1.82, 2.24) is 0 Å². The second-order valence-electron chi connectivity index (χ2n) is 6.46. The summed E-state index contributed by atoms with van der Waals surface area (Å²) in [5.74, 6) is -0.638. The van der Waals surface area contributed by atoms with Gasteiger partial charge < -0.3 is 4.74 Å². The third-order valence-corrected chi connectivity index (χ3v) is 3.78. The zero-order valence-electron chi connectivity index (χ0n) is 14.3. The van der Waals surface area contributed by atoms with Crippen molar-refractivity contribution in [1.29, 1.82) is 0 Å². The number of nitro benzene ring substituents is 1. The van der Waals surface area contributed by atoms with E-state index in [9.17, 15) is 14.9 Å². The van der Waals surface area contributed by atoms with Crippen molar-refractivity contribution >= 4 is 17.2 Å². The predicted molar refractivity (Wildman–Crippen MR) is 86.9 cm³/mol. The van der Waals surface area contributed by atoms with Gasteiger partial charge in [-0.1, -0.05) is 6.58 Å². The van der Waals surface area contributed by atoms with Crippen LogP contribution in [-0.4, -0.2) is 16.5 Å². The summed E-state index contributed by atoms with van der Waals surface area (Å²) in [6.45, 7) is 16.1. The average Bonchev–Trinajstić information content (AvgIpc) is 2.37. The number of carbonyl (C=O) groups is 1. The van der Waals surface area contributed by atoms with E-state index in [4.69, 9.17) is 4.74 Å². The second-order valence-corrected chi connectivity index (χ2v) is 6.46. The monoisotopic (exact) mass is 305 g/mol. The van der Waals surface area contributed by atoms with Crippen LogP contribution in [0.4, 0.5) is 5.69 Å². The molecule has 0 spiro atoms. The number of nitro groups is 1. The lowest BCUT2D eigenvalue weighted by Gasteiger charge is -2.22. The van der Waals surface area contributed by atoms with Crippen molar-refractivity contribution in [2.45, 2.75) is 54.1 Å². The zero-order chi connectivity index (χ0) is 17.4. The van der Waals surface area contributed by atoms with E-state index in [0.29, 0.717) is 11.1 Å². The summed E-state index contributed by atoms with van der Waals surface area (Å²) < 4.78 is 5.29. The molecule has 0 unspecified atom stereocenters. The Morgan fingerprint density at radius 3 is 1.91 bits per heavy atom. The van der Waals surface area contributed by atoms with E-state index in [0.717, 1.165) is 11.1 Å². The van der Waals surface area contributed by atoms with Crippen LogP contribution in [0.25, 0.3) is 5.57 Å². The van der Waals surface area contributed by atoms with Gasteiger partial charge in [-0.15, -0.1) is 0 Å². The Hall–Kier alpha value is -2.17. The van der Waals surface area contributed by atoms with Crippen LogP contribution in [0.5, 0.6) is 0 Å². The van der Waals surface area contributed by atoms with Crippen molar-refractivity contribution in [2.24, 2.45) is 0 Å². The molecule has 1 aromatic carbocycles. The van der Waals surface area contributed by atoms with E-state index in [1.807, 2.05) is 13.8 Å². The van der Waals surface area contributed by atoms with E-state index >= 15 is 0 Å². The number of ether oxygens (including phenoxy) is 1. The van der Waals surface area contributed by atoms with Crippen molar-refractivity contribution in [3.05, 3.63) is 44.5 Å². The minimum absolute atomic E-state index is 0.0188. The van der Waals surface area contributed by atoms with Crippen molar-refractivity contribution in [2.75, 3.05) is 0 Å². The third kappa shape index (κ3) is 3.35. The minimum Gasteiger partial charge on any atom is -0.456 e. The Labute approximate surface area is 131 Å². The fraction of sp³-hybridized carbons (Fsp3) is 0.471. The quantitative estimate of drug-likeness (QED) is 0.363. The molecular formula is C17H23NO4. The van der Waals surface area contributed by atoms with Crippen LogP contribution >= 0.6 is 0 Å². The standard InChI is InChI=1S/C17H23NO4/c1-9-10(2)12(4)15(18(20)21)14(11(9)3)13(5)16(19)22-17(6,7)8/h5H2,1-4,6-8H3. The summed E-state index contributed by atoms with van der Waals surface area (Å²) in [4.78, 5) is 23.3. The van der Waals surface area contributed by atoms with Gasteiger partial charge in [-0.05, 0) is 65.2 Å². The molecule has 5 nitrogen and oxygen atoms in total.